The molecule has 1 aliphatic heterocycles. The van der Waals surface area contributed by atoms with Crippen molar-refractivity contribution in [2.24, 2.45) is 0 Å². The van der Waals surface area contributed by atoms with E-state index < -0.39 is 0 Å². The molecule has 0 radical (unpaired) electrons. The molecular formula is C25H20N4O3S2. The maximum Gasteiger partial charge on any atom is 0.289 e. The number of hydrogen-bond acceptors (Lipinski definition) is 7. The van der Waals surface area contributed by atoms with Crippen molar-refractivity contribution in [3.05, 3.63) is 76.4 Å². The van der Waals surface area contributed by atoms with Gasteiger partial charge in [-0.15, -0.1) is 11.3 Å². The van der Waals surface area contributed by atoms with Gasteiger partial charge in [0.2, 0.25) is 0 Å². The minimum atomic E-state index is -0.251. The van der Waals surface area contributed by atoms with E-state index in [2.05, 4.69) is 15.3 Å². The topological polar surface area (TPSA) is 88.3 Å². The SMILES string of the molecule is O=C(Nc1nc2ccccc2s1)c1csc(C2CCN(C(=O)c3cc4ccccc4o3)CC2)n1. The molecule has 2 amide bonds. The predicted molar refractivity (Wildman–Crippen MR) is 134 cm³/mol. The molecule has 2 aromatic carbocycles. The van der Waals surface area contributed by atoms with Crippen LogP contribution in [0.3, 0.4) is 0 Å². The number of anilines is 1. The number of amides is 2. The molecule has 3 aromatic heterocycles. The van der Waals surface area contributed by atoms with E-state index in [9.17, 15) is 9.59 Å². The van der Waals surface area contributed by atoms with Crippen molar-refractivity contribution >= 4 is 60.8 Å². The molecule has 1 saturated heterocycles. The van der Waals surface area contributed by atoms with E-state index in [0.29, 0.717) is 29.7 Å². The molecule has 6 rings (SSSR count). The van der Waals surface area contributed by atoms with Gasteiger partial charge in [0.1, 0.15) is 11.3 Å². The number of benzene rings is 2. The average molecular weight is 489 g/mol. The number of fused-ring (bicyclic) bond motifs is 2. The van der Waals surface area contributed by atoms with Crippen LogP contribution in [-0.2, 0) is 0 Å². The zero-order chi connectivity index (χ0) is 23.1. The fourth-order valence-corrected chi connectivity index (χ4v) is 6.07. The molecule has 1 fully saturated rings. The monoisotopic (exact) mass is 488 g/mol. The molecule has 9 heteroatoms. The van der Waals surface area contributed by atoms with Crippen molar-refractivity contribution in [1.82, 2.24) is 14.9 Å². The Balaban J connectivity index is 1.09. The van der Waals surface area contributed by atoms with Gasteiger partial charge in [-0.3, -0.25) is 14.9 Å². The lowest BCUT2D eigenvalue weighted by molar-refractivity contribution is 0.0683. The minimum absolute atomic E-state index is 0.0790. The summed E-state index contributed by atoms with van der Waals surface area (Å²) in [4.78, 5) is 36.5. The second-order valence-electron chi connectivity index (χ2n) is 8.23. The molecule has 1 N–H and O–H groups in total. The van der Waals surface area contributed by atoms with E-state index in [-0.39, 0.29) is 17.7 Å². The zero-order valence-electron chi connectivity index (χ0n) is 18.1. The number of carbonyl (C=O) groups is 2. The van der Waals surface area contributed by atoms with Crippen molar-refractivity contribution in [3.63, 3.8) is 0 Å². The second-order valence-corrected chi connectivity index (χ2v) is 10.1. The third-order valence-electron chi connectivity index (χ3n) is 6.04. The van der Waals surface area contributed by atoms with Gasteiger partial charge in [-0.25, -0.2) is 9.97 Å². The van der Waals surface area contributed by atoms with Crippen molar-refractivity contribution in [2.75, 3.05) is 18.4 Å². The number of para-hydroxylation sites is 2. The summed E-state index contributed by atoms with van der Waals surface area (Å²) in [6, 6.07) is 17.2. The average Bonchev–Trinajstić information content (AvgIpc) is 3.61. The lowest BCUT2D eigenvalue weighted by atomic mass is 9.97. The normalized spacial score (nSPS) is 14.6. The van der Waals surface area contributed by atoms with Gasteiger partial charge >= 0.3 is 0 Å². The van der Waals surface area contributed by atoms with Crippen molar-refractivity contribution in [1.29, 1.82) is 0 Å². The number of nitrogens with one attached hydrogen (secondary N) is 1. The molecule has 0 unspecified atom stereocenters. The van der Waals surface area contributed by atoms with E-state index in [4.69, 9.17) is 4.42 Å². The van der Waals surface area contributed by atoms with Crippen molar-refractivity contribution < 1.29 is 14.0 Å². The lowest BCUT2D eigenvalue weighted by Crippen LogP contribution is -2.37. The van der Waals surface area contributed by atoms with Crippen molar-refractivity contribution in [3.8, 4) is 0 Å². The summed E-state index contributed by atoms with van der Waals surface area (Å²) < 4.78 is 6.77. The number of piperidine rings is 1. The maximum atomic E-state index is 12.9. The van der Waals surface area contributed by atoms with Crippen LogP contribution in [0.15, 0.2) is 64.4 Å². The lowest BCUT2D eigenvalue weighted by Gasteiger charge is -2.30. The third kappa shape index (κ3) is 3.97. The van der Waals surface area contributed by atoms with Crippen LogP contribution in [0.1, 0.15) is 44.8 Å². The highest BCUT2D eigenvalue weighted by molar-refractivity contribution is 7.22. The molecule has 4 heterocycles. The summed E-state index contributed by atoms with van der Waals surface area (Å²) in [5, 5.41) is 7.09. The van der Waals surface area contributed by atoms with Gasteiger partial charge in [0.05, 0.1) is 15.2 Å². The highest BCUT2D eigenvalue weighted by Gasteiger charge is 2.28. The summed E-state index contributed by atoms with van der Waals surface area (Å²) in [6.45, 7) is 1.26. The van der Waals surface area contributed by atoms with E-state index >= 15 is 0 Å². The Morgan fingerprint density at radius 2 is 1.82 bits per heavy atom. The Kier molecular flexibility index (Phi) is 5.35. The Morgan fingerprint density at radius 3 is 2.65 bits per heavy atom. The number of thiazole rings is 2. The molecule has 5 aromatic rings. The summed E-state index contributed by atoms with van der Waals surface area (Å²) in [5.74, 6) is 0.278. The van der Waals surface area contributed by atoms with E-state index in [1.807, 2.05) is 53.4 Å². The van der Waals surface area contributed by atoms with Gasteiger partial charge in [-0.1, -0.05) is 41.7 Å². The summed E-state index contributed by atoms with van der Waals surface area (Å²) >= 11 is 2.94. The highest BCUT2D eigenvalue weighted by Crippen LogP contribution is 2.32. The first-order valence-corrected chi connectivity index (χ1v) is 12.7. The highest BCUT2D eigenvalue weighted by atomic mass is 32.1. The molecule has 0 saturated carbocycles. The van der Waals surface area contributed by atoms with Crippen LogP contribution in [0.5, 0.6) is 0 Å². The molecule has 170 valence electrons. The quantitative estimate of drug-likeness (QED) is 0.347. The minimum Gasteiger partial charge on any atom is -0.451 e. The van der Waals surface area contributed by atoms with E-state index in [0.717, 1.165) is 39.0 Å². The molecule has 1 aliphatic rings. The third-order valence-corrected chi connectivity index (χ3v) is 8.00. The fraction of sp³-hybridized carbons (Fsp3) is 0.200. The van der Waals surface area contributed by atoms with Gasteiger partial charge in [-0.05, 0) is 37.1 Å². The number of rotatable bonds is 4. The molecule has 0 spiro atoms. The number of furan rings is 1. The van der Waals surface area contributed by atoms with E-state index in [1.54, 1.807) is 11.4 Å². The van der Waals surface area contributed by atoms with Gasteiger partial charge in [0, 0.05) is 29.8 Å². The number of aromatic nitrogens is 2. The first-order valence-electron chi connectivity index (χ1n) is 11.0. The Hall–Kier alpha value is -3.56. The zero-order valence-corrected chi connectivity index (χ0v) is 19.7. The van der Waals surface area contributed by atoms with Crippen LogP contribution >= 0.6 is 22.7 Å². The van der Waals surface area contributed by atoms with E-state index in [1.165, 1.54) is 22.7 Å². The molecule has 34 heavy (non-hydrogen) atoms. The second kappa shape index (κ2) is 8.66. The summed E-state index contributed by atoms with van der Waals surface area (Å²) in [6.07, 6.45) is 1.61. The van der Waals surface area contributed by atoms with Crippen LogP contribution in [0.4, 0.5) is 5.13 Å². The predicted octanol–water partition coefficient (Wildman–Crippen LogP) is 5.77. The van der Waals surface area contributed by atoms with Crippen LogP contribution in [0, 0.1) is 0 Å². The van der Waals surface area contributed by atoms with Gasteiger partial charge in [-0.2, -0.15) is 0 Å². The number of likely N-dealkylation sites (tertiary alicyclic amines) is 1. The Morgan fingerprint density at radius 1 is 1.03 bits per heavy atom. The van der Waals surface area contributed by atoms with Crippen LogP contribution in [0.25, 0.3) is 21.2 Å². The van der Waals surface area contributed by atoms with Gasteiger partial charge < -0.3 is 9.32 Å². The van der Waals surface area contributed by atoms with Crippen LogP contribution < -0.4 is 5.32 Å². The molecular weight excluding hydrogens is 468 g/mol. The van der Waals surface area contributed by atoms with Crippen LogP contribution in [0.2, 0.25) is 0 Å². The largest absolute Gasteiger partial charge is 0.451 e. The molecule has 0 aliphatic carbocycles. The standard InChI is InChI=1S/C25H20N4O3S2/c30-22(28-25-27-17-6-2-4-8-21(17)34-25)18-14-33-23(26-18)15-9-11-29(12-10-15)24(31)20-13-16-5-1-3-7-19(16)32-20/h1-8,13-15H,9-12H2,(H,27,28,30). The smallest absolute Gasteiger partial charge is 0.289 e. The number of carbonyl (C=O) groups excluding carboxylic acids is 2. The van der Waals surface area contributed by atoms with Gasteiger partial charge in [0.25, 0.3) is 11.8 Å². The molecule has 0 atom stereocenters. The van der Waals surface area contributed by atoms with Crippen LogP contribution in [-0.4, -0.2) is 39.8 Å². The first-order chi connectivity index (χ1) is 16.6. The number of nitrogens with zero attached hydrogens (tertiary/aromatic N) is 3. The molecule has 7 nitrogen and oxygen atoms in total. The fourth-order valence-electron chi connectivity index (χ4n) is 4.24. The summed E-state index contributed by atoms with van der Waals surface area (Å²) in [5.41, 5.74) is 1.99. The van der Waals surface area contributed by atoms with Gasteiger partial charge in [0.15, 0.2) is 10.9 Å². The first kappa shape index (κ1) is 21.0. The summed E-state index contributed by atoms with van der Waals surface area (Å²) in [7, 11) is 0. The molecule has 0 bridgehead atoms. The van der Waals surface area contributed by atoms with Crippen molar-refractivity contribution in [2.45, 2.75) is 18.8 Å². The Bertz CT molecular complexity index is 1440. The maximum absolute atomic E-state index is 12.9. The number of hydrogen-bond donors (Lipinski definition) is 1. The Labute approximate surface area is 203 Å².